The summed E-state index contributed by atoms with van der Waals surface area (Å²) in [7, 11) is -3.73. The van der Waals surface area contributed by atoms with Crippen molar-refractivity contribution in [2.24, 2.45) is 0 Å². The van der Waals surface area contributed by atoms with Gasteiger partial charge in [-0.3, -0.25) is 13.9 Å². The van der Waals surface area contributed by atoms with Crippen LogP contribution in [0.4, 0.5) is 5.69 Å². The number of morpholine rings is 1. The molecule has 33 heavy (non-hydrogen) atoms. The molecular formula is C22H25N3O7S. The SMILES string of the molecule is CS(=O)(=O)N(CC(=O)NCc1ccc2c(c1)OCO2)c1ccc(C(=O)N2CCOCC2)cc1. The van der Waals surface area contributed by atoms with Crippen molar-refractivity contribution in [2.45, 2.75) is 6.54 Å². The van der Waals surface area contributed by atoms with Crippen LogP contribution in [0.25, 0.3) is 0 Å². The van der Waals surface area contributed by atoms with Crippen molar-refractivity contribution in [3.05, 3.63) is 53.6 Å². The second-order valence-corrected chi connectivity index (χ2v) is 9.59. The third kappa shape index (κ3) is 5.55. The smallest absolute Gasteiger partial charge is 0.254 e. The number of anilines is 1. The third-order valence-electron chi connectivity index (χ3n) is 5.31. The summed E-state index contributed by atoms with van der Waals surface area (Å²) in [5.41, 5.74) is 1.54. The Balaban J connectivity index is 1.40. The fourth-order valence-electron chi connectivity index (χ4n) is 3.56. The van der Waals surface area contributed by atoms with Crippen LogP contribution in [0.2, 0.25) is 0 Å². The Hall–Kier alpha value is -3.31. The molecule has 2 aliphatic rings. The molecular weight excluding hydrogens is 450 g/mol. The topological polar surface area (TPSA) is 114 Å². The quantitative estimate of drug-likeness (QED) is 0.635. The van der Waals surface area contributed by atoms with Gasteiger partial charge in [-0.25, -0.2) is 8.42 Å². The van der Waals surface area contributed by atoms with Crippen molar-refractivity contribution in [2.75, 3.05) is 50.2 Å². The number of ether oxygens (including phenoxy) is 3. The van der Waals surface area contributed by atoms with Crippen LogP contribution in [-0.4, -0.2) is 71.0 Å². The van der Waals surface area contributed by atoms with Crippen molar-refractivity contribution in [1.82, 2.24) is 10.2 Å². The Labute approximate surface area is 192 Å². The predicted octanol–water partition coefficient (Wildman–Crippen LogP) is 0.970. The number of nitrogens with zero attached hydrogens (tertiary/aromatic N) is 2. The average Bonchev–Trinajstić information content (AvgIpc) is 3.29. The van der Waals surface area contributed by atoms with Gasteiger partial charge in [-0.2, -0.15) is 0 Å². The Morgan fingerprint density at radius 3 is 2.42 bits per heavy atom. The number of sulfonamides is 1. The predicted molar refractivity (Wildman–Crippen MR) is 120 cm³/mol. The Morgan fingerprint density at radius 2 is 1.73 bits per heavy atom. The van der Waals surface area contributed by atoms with E-state index in [0.717, 1.165) is 16.1 Å². The molecule has 0 saturated carbocycles. The first kappa shape index (κ1) is 22.9. The number of carbonyl (C=O) groups is 2. The molecule has 0 spiro atoms. The number of hydrogen-bond acceptors (Lipinski definition) is 7. The van der Waals surface area contributed by atoms with Crippen LogP contribution >= 0.6 is 0 Å². The van der Waals surface area contributed by atoms with Crippen molar-refractivity contribution < 1.29 is 32.2 Å². The zero-order chi connectivity index (χ0) is 23.4. The highest BCUT2D eigenvalue weighted by Crippen LogP contribution is 2.32. The van der Waals surface area contributed by atoms with Gasteiger partial charge in [0.05, 0.1) is 25.2 Å². The highest BCUT2D eigenvalue weighted by Gasteiger charge is 2.23. The van der Waals surface area contributed by atoms with Crippen molar-refractivity contribution in [3.63, 3.8) is 0 Å². The molecule has 1 saturated heterocycles. The summed E-state index contributed by atoms with van der Waals surface area (Å²) in [6.07, 6.45) is 1.03. The maximum absolute atomic E-state index is 12.6. The lowest BCUT2D eigenvalue weighted by atomic mass is 10.1. The number of nitrogens with one attached hydrogen (secondary N) is 1. The standard InChI is InChI=1S/C22H25N3O7S/c1-33(28,29)25(14-21(26)23-13-16-2-7-19-20(12-16)32-15-31-19)18-5-3-17(4-6-18)22(27)24-8-10-30-11-9-24/h2-7,12H,8-11,13-15H2,1H3,(H,23,26). The van der Waals surface area contributed by atoms with Crippen LogP contribution in [0.1, 0.15) is 15.9 Å². The van der Waals surface area contributed by atoms with Gasteiger partial charge >= 0.3 is 0 Å². The van der Waals surface area contributed by atoms with E-state index in [1.54, 1.807) is 35.2 Å². The number of rotatable bonds is 7. The molecule has 2 heterocycles. The van der Waals surface area contributed by atoms with Crippen LogP contribution in [-0.2, 0) is 26.1 Å². The molecule has 1 fully saturated rings. The zero-order valence-corrected chi connectivity index (χ0v) is 19.0. The fraction of sp³-hybridized carbons (Fsp3) is 0.364. The summed E-state index contributed by atoms with van der Waals surface area (Å²) in [4.78, 5) is 26.8. The first-order chi connectivity index (χ1) is 15.8. The molecule has 0 aliphatic carbocycles. The first-order valence-corrected chi connectivity index (χ1v) is 12.3. The second kappa shape index (κ2) is 9.67. The van der Waals surface area contributed by atoms with Gasteiger partial charge in [0.2, 0.25) is 22.7 Å². The van der Waals surface area contributed by atoms with Crippen molar-refractivity contribution in [1.29, 1.82) is 0 Å². The lowest BCUT2D eigenvalue weighted by Crippen LogP contribution is -2.41. The molecule has 1 N–H and O–H groups in total. The molecule has 176 valence electrons. The maximum atomic E-state index is 12.6. The molecule has 2 aromatic rings. The minimum atomic E-state index is -3.73. The van der Waals surface area contributed by atoms with Gasteiger partial charge in [0, 0.05) is 25.2 Å². The summed E-state index contributed by atoms with van der Waals surface area (Å²) in [6.45, 7) is 1.99. The normalized spacial score (nSPS) is 15.2. The van der Waals surface area contributed by atoms with Gasteiger partial charge in [-0.1, -0.05) is 6.07 Å². The molecule has 2 aliphatic heterocycles. The first-order valence-electron chi connectivity index (χ1n) is 10.4. The lowest BCUT2D eigenvalue weighted by Gasteiger charge is -2.27. The average molecular weight is 476 g/mol. The Bertz CT molecular complexity index is 1130. The molecule has 0 unspecified atom stereocenters. The van der Waals surface area contributed by atoms with Crippen molar-refractivity contribution >= 4 is 27.5 Å². The number of fused-ring (bicyclic) bond motifs is 1. The minimum Gasteiger partial charge on any atom is -0.454 e. The van der Waals surface area contributed by atoms with Crippen LogP contribution in [0.5, 0.6) is 11.5 Å². The molecule has 10 nitrogen and oxygen atoms in total. The van der Waals surface area contributed by atoms with Crippen LogP contribution in [0.3, 0.4) is 0 Å². The summed E-state index contributed by atoms with van der Waals surface area (Å²) in [5.74, 6) is 0.638. The summed E-state index contributed by atoms with van der Waals surface area (Å²) in [6, 6.07) is 11.5. The Kier molecular flexibility index (Phi) is 6.70. The number of hydrogen-bond donors (Lipinski definition) is 1. The third-order valence-corrected chi connectivity index (χ3v) is 6.46. The van der Waals surface area contributed by atoms with Gasteiger partial charge in [0.15, 0.2) is 11.5 Å². The monoisotopic (exact) mass is 475 g/mol. The van der Waals surface area contributed by atoms with E-state index in [-0.39, 0.29) is 25.8 Å². The van der Waals surface area contributed by atoms with E-state index >= 15 is 0 Å². The van der Waals surface area contributed by atoms with E-state index in [2.05, 4.69) is 5.32 Å². The second-order valence-electron chi connectivity index (χ2n) is 7.69. The summed E-state index contributed by atoms with van der Waals surface area (Å²) >= 11 is 0. The van der Waals surface area contributed by atoms with E-state index in [0.29, 0.717) is 49.1 Å². The zero-order valence-electron chi connectivity index (χ0n) is 18.2. The Morgan fingerprint density at radius 1 is 1.03 bits per heavy atom. The summed E-state index contributed by atoms with van der Waals surface area (Å²) in [5, 5.41) is 2.72. The van der Waals surface area contributed by atoms with E-state index in [9.17, 15) is 18.0 Å². The number of amides is 2. The largest absolute Gasteiger partial charge is 0.454 e. The van der Waals surface area contributed by atoms with Crippen LogP contribution in [0.15, 0.2) is 42.5 Å². The molecule has 0 aromatic heterocycles. The van der Waals surface area contributed by atoms with E-state index in [4.69, 9.17) is 14.2 Å². The number of benzene rings is 2. The van der Waals surface area contributed by atoms with Gasteiger partial charge in [-0.05, 0) is 42.0 Å². The molecule has 4 rings (SSSR count). The molecule has 0 atom stereocenters. The molecule has 0 bridgehead atoms. The molecule has 2 amide bonds. The van der Waals surface area contributed by atoms with Gasteiger partial charge < -0.3 is 24.4 Å². The lowest BCUT2D eigenvalue weighted by molar-refractivity contribution is -0.119. The molecule has 11 heteroatoms. The molecule has 2 aromatic carbocycles. The highest BCUT2D eigenvalue weighted by atomic mass is 32.2. The summed E-state index contributed by atoms with van der Waals surface area (Å²) < 4.78 is 41.6. The minimum absolute atomic E-state index is 0.141. The fourth-order valence-corrected chi connectivity index (χ4v) is 4.41. The van der Waals surface area contributed by atoms with E-state index < -0.39 is 15.9 Å². The van der Waals surface area contributed by atoms with Crippen LogP contribution in [0, 0.1) is 0 Å². The van der Waals surface area contributed by atoms with Gasteiger partial charge in [-0.15, -0.1) is 0 Å². The van der Waals surface area contributed by atoms with Crippen LogP contribution < -0.4 is 19.1 Å². The van der Waals surface area contributed by atoms with E-state index in [1.807, 2.05) is 0 Å². The van der Waals surface area contributed by atoms with Gasteiger partial charge in [0.25, 0.3) is 5.91 Å². The maximum Gasteiger partial charge on any atom is 0.254 e. The molecule has 0 radical (unpaired) electrons. The van der Waals surface area contributed by atoms with Crippen molar-refractivity contribution in [3.8, 4) is 11.5 Å². The van der Waals surface area contributed by atoms with E-state index in [1.165, 1.54) is 12.1 Å². The van der Waals surface area contributed by atoms with Gasteiger partial charge in [0.1, 0.15) is 6.54 Å². The number of carbonyl (C=O) groups excluding carboxylic acids is 2. The highest BCUT2D eigenvalue weighted by molar-refractivity contribution is 7.92.